The first kappa shape index (κ1) is 13.7. The highest BCUT2D eigenvalue weighted by atomic mass is 16.4. The number of aliphatic hydroxyl groups is 2. The van der Waals surface area contributed by atoms with Gasteiger partial charge in [0.25, 0.3) is 0 Å². The van der Waals surface area contributed by atoms with Gasteiger partial charge in [-0.2, -0.15) is 0 Å². The predicted octanol–water partition coefficient (Wildman–Crippen LogP) is 1.45. The quantitative estimate of drug-likeness (QED) is 0.742. The van der Waals surface area contributed by atoms with E-state index in [0.717, 1.165) is 5.56 Å². The summed E-state index contributed by atoms with van der Waals surface area (Å²) in [4.78, 5) is 10.7. The van der Waals surface area contributed by atoms with Crippen LogP contribution in [0, 0.1) is 0 Å². The molecule has 0 aliphatic carbocycles. The molecule has 1 unspecified atom stereocenters. The lowest BCUT2D eigenvalue weighted by Gasteiger charge is -2.35. The maximum atomic E-state index is 10.7. The molecule has 4 nitrogen and oxygen atoms in total. The predicted molar refractivity (Wildman–Crippen MR) is 64.0 cm³/mol. The molecule has 1 aromatic rings. The summed E-state index contributed by atoms with van der Waals surface area (Å²) in [7, 11) is 0. The fourth-order valence-electron chi connectivity index (χ4n) is 1.38. The molecule has 0 bridgehead atoms. The number of hydrogen-bond acceptors (Lipinski definition) is 3. The summed E-state index contributed by atoms with van der Waals surface area (Å²) in [5.41, 5.74) is -1.50. The average Bonchev–Trinajstić information content (AvgIpc) is 2.16. The van der Waals surface area contributed by atoms with E-state index >= 15 is 0 Å². The van der Waals surface area contributed by atoms with Gasteiger partial charge in [0.2, 0.25) is 0 Å². The molecule has 0 radical (unpaired) electrons. The van der Waals surface area contributed by atoms with E-state index in [1.54, 1.807) is 32.9 Å². The van der Waals surface area contributed by atoms with Crippen molar-refractivity contribution < 1.29 is 20.1 Å². The van der Waals surface area contributed by atoms with Crippen LogP contribution in [0.25, 0.3) is 0 Å². The van der Waals surface area contributed by atoms with Gasteiger partial charge in [-0.1, -0.05) is 12.1 Å². The van der Waals surface area contributed by atoms with E-state index in [2.05, 4.69) is 0 Å². The van der Waals surface area contributed by atoms with Crippen LogP contribution in [0.2, 0.25) is 0 Å². The molecular weight excluding hydrogens is 220 g/mol. The second-order valence-corrected chi connectivity index (χ2v) is 5.01. The second-order valence-electron chi connectivity index (χ2n) is 5.01. The van der Waals surface area contributed by atoms with Crippen LogP contribution in [0.15, 0.2) is 24.3 Å². The van der Waals surface area contributed by atoms with Crippen LogP contribution in [0.1, 0.15) is 36.7 Å². The average molecular weight is 238 g/mol. The van der Waals surface area contributed by atoms with E-state index < -0.39 is 17.2 Å². The number of aromatic carboxylic acids is 1. The number of rotatable bonds is 4. The largest absolute Gasteiger partial charge is 0.478 e. The SMILES string of the molecule is CC(C)(O)C(C)(O)Cc1ccc(C(=O)O)cc1. The van der Waals surface area contributed by atoms with Crippen molar-refractivity contribution >= 4 is 5.97 Å². The van der Waals surface area contributed by atoms with Gasteiger partial charge < -0.3 is 15.3 Å². The van der Waals surface area contributed by atoms with Crippen molar-refractivity contribution in [1.82, 2.24) is 0 Å². The lowest BCUT2D eigenvalue weighted by molar-refractivity contribution is -0.118. The van der Waals surface area contributed by atoms with Crippen LogP contribution in [-0.2, 0) is 6.42 Å². The summed E-state index contributed by atoms with van der Waals surface area (Å²) >= 11 is 0. The maximum Gasteiger partial charge on any atom is 0.335 e. The Balaban J connectivity index is 2.86. The highest BCUT2D eigenvalue weighted by molar-refractivity contribution is 5.87. The molecule has 1 aromatic carbocycles. The zero-order chi connectivity index (χ0) is 13.3. The highest BCUT2D eigenvalue weighted by Crippen LogP contribution is 2.25. The second kappa shape index (κ2) is 4.47. The smallest absolute Gasteiger partial charge is 0.335 e. The Morgan fingerprint density at radius 3 is 1.94 bits per heavy atom. The van der Waals surface area contributed by atoms with Crippen molar-refractivity contribution in [3.63, 3.8) is 0 Å². The van der Waals surface area contributed by atoms with Gasteiger partial charge in [-0.3, -0.25) is 0 Å². The number of carboxylic acid groups (broad SMARTS) is 1. The molecule has 0 fully saturated rings. The molecule has 0 spiro atoms. The van der Waals surface area contributed by atoms with Gasteiger partial charge in [-0.25, -0.2) is 4.79 Å². The summed E-state index contributed by atoms with van der Waals surface area (Å²) in [6.45, 7) is 4.63. The summed E-state index contributed by atoms with van der Waals surface area (Å²) < 4.78 is 0. The Labute approximate surface area is 101 Å². The zero-order valence-electron chi connectivity index (χ0n) is 10.3. The third-order valence-electron chi connectivity index (χ3n) is 3.07. The van der Waals surface area contributed by atoms with Gasteiger partial charge in [-0.15, -0.1) is 0 Å². The minimum Gasteiger partial charge on any atom is -0.478 e. The van der Waals surface area contributed by atoms with Crippen LogP contribution in [0.5, 0.6) is 0 Å². The molecule has 0 aliphatic rings. The third-order valence-corrected chi connectivity index (χ3v) is 3.07. The maximum absolute atomic E-state index is 10.7. The Morgan fingerprint density at radius 1 is 1.12 bits per heavy atom. The van der Waals surface area contributed by atoms with Gasteiger partial charge in [0.05, 0.1) is 16.8 Å². The summed E-state index contributed by atoms with van der Waals surface area (Å²) in [6, 6.07) is 6.25. The molecule has 3 N–H and O–H groups in total. The summed E-state index contributed by atoms with van der Waals surface area (Å²) in [6.07, 6.45) is 0.260. The standard InChI is InChI=1S/C13H18O4/c1-12(2,16)13(3,17)8-9-4-6-10(7-5-9)11(14)15/h4-7,16-17H,8H2,1-3H3,(H,14,15). The van der Waals surface area contributed by atoms with Crippen LogP contribution in [-0.4, -0.2) is 32.5 Å². The van der Waals surface area contributed by atoms with Crippen molar-refractivity contribution in [2.24, 2.45) is 0 Å². The number of benzene rings is 1. The van der Waals surface area contributed by atoms with E-state index in [9.17, 15) is 15.0 Å². The first-order chi connectivity index (χ1) is 7.63. The van der Waals surface area contributed by atoms with Gasteiger partial charge in [0.15, 0.2) is 0 Å². The summed E-state index contributed by atoms with van der Waals surface area (Å²) in [5.74, 6) is -0.981. The number of hydrogen-bond donors (Lipinski definition) is 3. The molecule has 1 atom stereocenters. The highest BCUT2D eigenvalue weighted by Gasteiger charge is 2.37. The van der Waals surface area contributed by atoms with E-state index in [4.69, 9.17) is 5.11 Å². The molecule has 1 rings (SSSR count). The van der Waals surface area contributed by atoms with Gasteiger partial charge in [0.1, 0.15) is 0 Å². The van der Waals surface area contributed by atoms with E-state index in [1.807, 2.05) is 0 Å². The molecular formula is C13H18O4. The van der Waals surface area contributed by atoms with Crippen molar-refractivity contribution in [2.45, 2.75) is 38.4 Å². The molecule has 0 saturated heterocycles. The fourth-order valence-corrected chi connectivity index (χ4v) is 1.38. The van der Waals surface area contributed by atoms with Crippen molar-refractivity contribution in [3.05, 3.63) is 35.4 Å². The molecule has 17 heavy (non-hydrogen) atoms. The Kier molecular flexibility index (Phi) is 3.59. The first-order valence-corrected chi connectivity index (χ1v) is 5.40. The Morgan fingerprint density at radius 2 is 1.59 bits per heavy atom. The van der Waals surface area contributed by atoms with Crippen LogP contribution < -0.4 is 0 Å². The Bertz CT molecular complexity index is 398. The van der Waals surface area contributed by atoms with Gasteiger partial charge in [0, 0.05) is 6.42 Å². The van der Waals surface area contributed by atoms with Crippen LogP contribution in [0.4, 0.5) is 0 Å². The normalized spacial score (nSPS) is 15.4. The van der Waals surface area contributed by atoms with Gasteiger partial charge >= 0.3 is 5.97 Å². The number of carboxylic acids is 1. The lowest BCUT2D eigenvalue weighted by atomic mass is 9.82. The lowest BCUT2D eigenvalue weighted by Crippen LogP contribution is -2.49. The third kappa shape index (κ3) is 3.28. The van der Waals surface area contributed by atoms with Crippen LogP contribution in [0.3, 0.4) is 0 Å². The number of carbonyl (C=O) groups is 1. The molecule has 94 valence electrons. The van der Waals surface area contributed by atoms with Gasteiger partial charge in [-0.05, 0) is 38.5 Å². The topological polar surface area (TPSA) is 77.8 Å². The molecule has 0 saturated carbocycles. The minimum absolute atomic E-state index is 0.205. The van der Waals surface area contributed by atoms with E-state index in [0.29, 0.717) is 0 Å². The molecule has 0 amide bonds. The Hall–Kier alpha value is -1.39. The molecule has 0 aliphatic heterocycles. The van der Waals surface area contributed by atoms with Crippen LogP contribution >= 0.6 is 0 Å². The van der Waals surface area contributed by atoms with Crippen molar-refractivity contribution in [3.8, 4) is 0 Å². The van der Waals surface area contributed by atoms with Crippen molar-refractivity contribution in [2.75, 3.05) is 0 Å². The monoisotopic (exact) mass is 238 g/mol. The molecule has 4 heteroatoms. The fraction of sp³-hybridized carbons (Fsp3) is 0.462. The summed E-state index contributed by atoms with van der Waals surface area (Å²) in [5, 5.41) is 28.7. The first-order valence-electron chi connectivity index (χ1n) is 5.40. The van der Waals surface area contributed by atoms with E-state index in [-0.39, 0.29) is 12.0 Å². The van der Waals surface area contributed by atoms with Crippen molar-refractivity contribution in [1.29, 1.82) is 0 Å². The zero-order valence-corrected chi connectivity index (χ0v) is 10.3. The molecule has 0 aromatic heterocycles. The molecule has 0 heterocycles. The minimum atomic E-state index is -1.27. The van der Waals surface area contributed by atoms with E-state index in [1.165, 1.54) is 12.1 Å².